The fourth-order valence-electron chi connectivity index (χ4n) is 4.37. The third-order valence-electron chi connectivity index (χ3n) is 6.49. The van der Waals surface area contributed by atoms with E-state index in [4.69, 9.17) is 9.72 Å². The molecule has 0 unspecified atom stereocenters. The van der Waals surface area contributed by atoms with E-state index in [-0.39, 0.29) is 17.3 Å². The first-order chi connectivity index (χ1) is 17.9. The molecule has 4 aromatic rings. The second-order valence-corrected chi connectivity index (χ2v) is 11.9. The summed E-state index contributed by atoms with van der Waals surface area (Å²) in [5.74, 6) is 0.651. The average Bonchev–Trinajstić information content (AvgIpc) is 3.38. The highest BCUT2D eigenvalue weighted by molar-refractivity contribution is 7.89. The van der Waals surface area contributed by atoms with Crippen molar-refractivity contribution in [2.45, 2.75) is 11.4 Å². The van der Waals surface area contributed by atoms with Gasteiger partial charge in [-0.3, -0.25) is 4.79 Å². The Bertz CT molecular complexity index is 1500. The third-order valence-corrected chi connectivity index (χ3v) is 9.38. The number of nitrogens with zero attached hydrogens (tertiary/aromatic N) is 4. The predicted octanol–water partition coefficient (Wildman–Crippen LogP) is 4.09. The number of carbonyl (C=O) groups is 1. The molecule has 0 spiro atoms. The minimum Gasteiger partial charge on any atom is -0.494 e. The van der Waals surface area contributed by atoms with Crippen molar-refractivity contribution in [3.8, 4) is 5.75 Å². The van der Waals surface area contributed by atoms with Crippen molar-refractivity contribution in [2.24, 2.45) is 0 Å². The number of rotatable bonds is 7. The number of hydrogen-bond acceptors (Lipinski definition) is 7. The zero-order valence-electron chi connectivity index (χ0n) is 20.7. The lowest BCUT2D eigenvalue weighted by molar-refractivity contribution is 0.0746. The summed E-state index contributed by atoms with van der Waals surface area (Å²) < 4.78 is 33.8. The van der Waals surface area contributed by atoms with Crippen LogP contribution in [0.25, 0.3) is 10.2 Å². The van der Waals surface area contributed by atoms with Gasteiger partial charge in [-0.1, -0.05) is 47.7 Å². The molecule has 1 amide bonds. The van der Waals surface area contributed by atoms with Crippen LogP contribution < -0.4 is 9.64 Å². The number of benzene rings is 3. The molecule has 192 valence electrons. The lowest BCUT2D eigenvalue weighted by atomic mass is 10.2. The van der Waals surface area contributed by atoms with Crippen molar-refractivity contribution in [1.29, 1.82) is 0 Å². The zero-order valence-corrected chi connectivity index (χ0v) is 22.3. The van der Waals surface area contributed by atoms with E-state index in [1.54, 1.807) is 42.5 Å². The topological polar surface area (TPSA) is 83.0 Å². The van der Waals surface area contributed by atoms with Crippen molar-refractivity contribution in [3.05, 3.63) is 83.9 Å². The predicted molar refractivity (Wildman–Crippen MR) is 146 cm³/mol. The number of anilines is 1. The van der Waals surface area contributed by atoms with Gasteiger partial charge in [-0.05, 0) is 42.0 Å². The molecular weight excluding hydrogens is 508 g/mol. The van der Waals surface area contributed by atoms with Crippen LogP contribution in [0.4, 0.5) is 5.13 Å². The lowest BCUT2D eigenvalue weighted by Crippen LogP contribution is -2.48. The van der Waals surface area contributed by atoms with Crippen LogP contribution in [0.1, 0.15) is 15.9 Å². The maximum atomic E-state index is 13.1. The maximum Gasteiger partial charge on any atom is 0.253 e. The zero-order chi connectivity index (χ0) is 26.0. The van der Waals surface area contributed by atoms with E-state index < -0.39 is 10.0 Å². The van der Waals surface area contributed by atoms with Crippen LogP contribution in [0, 0.1) is 0 Å². The van der Waals surface area contributed by atoms with Gasteiger partial charge in [-0.2, -0.15) is 4.31 Å². The molecule has 10 heteroatoms. The van der Waals surface area contributed by atoms with Crippen LogP contribution in [-0.4, -0.2) is 68.9 Å². The van der Waals surface area contributed by atoms with E-state index in [1.165, 1.54) is 16.4 Å². The SMILES string of the molecule is COc1cccc2sc(N3CCN(C(=O)c4ccc(S(=O)(=O)N(C)Cc5ccccc5)cc4)CC3)nc12. The molecule has 3 aromatic carbocycles. The molecule has 0 aliphatic carbocycles. The Balaban J connectivity index is 1.22. The molecule has 1 fully saturated rings. The Hall–Kier alpha value is -3.47. The highest BCUT2D eigenvalue weighted by Crippen LogP contribution is 2.34. The van der Waals surface area contributed by atoms with Gasteiger partial charge in [0.25, 0.3) is 5.91 Å². The van der Waals surface area contributed by atoms with Crippen LogP contribution in [0.2, 0.25) is 0 Å². The number of methoxy groups -OCH3 is 1. The Morgan fingerprint density at radius 3 is 2.35 bits per heavy atom. The van der Waals surface area contributed by atoms with Crippen molar-refractivity contribution < 1.29 is 17.9 Å². The number of fused-ring (bicyclic) bond motifs is 1. The van der Waals surface area contributed by atoms with Crippen LogP contribution in [0.15, 0.2) is 77.7 Å². The number of ether oxygens (including phenoxy) is 1. The van der Waals surface area contributed by atoms with Gasteiger partial charge >= 0.3 is 0 Å². The Labute approximate surface area is 220 Å². The first kappa shape index (κ1) is 25.2. The van der Waals surface area contributed by atoms with Crippen LogP contribution in [-0.2, 0) is 16.6 Å². The van der Waals surface area contributed by atoms with E-state index in [9.17, 15) is 13.2 Å². The fraction of sp³-hybridized carbons (Fsp3) is 0.259. The fourth-order valence-corrected chi connectivity index (χ4v) is 6.56. The van der Waals surface area contributed by atoms with Crippen molar-refractivity contribution in [3.63, 3.8) is 0 Å². The van der Waals surface area contributed by atoms with Gasteiger partial charge in [-0.25, -0.2) is 13.4 Å². The second kappa shape index (κ2) is 10.5. The Morgan fingerprint density at radius 1 is 0.973 bits per heavy atom. The number of para-hydroxylation sites is 1. The average molecular weight is 537 g/mol. The van der Waals surface area contributed by atoms with E-state index >= 15 is 0 Å². The summed E-state index contributed by atoms with van der Waals surface area (Å²) in [6.07, 6.45) is 0. The molecule has 8 nitrogen and oxygen atoms in total. The molecule has 1 aliphatic rings. The molecule has 0 atom stereocenters. The van der Waals surface area contributed by atoms with Gasteiger partial charge < -0.3 is 14.5 Å². The third kappa shape index (κ3) is 5.18. The van der Waals surface area contributed by atoms with Crippen molar-refractivity contribution >= 4 is 42.6 Å². The molecule has 2 heterocycles. The number of piperazine rings is 1. The van der Waals surface area contributed by atoms with Gasteiger partial charge in [0.05, 0.1) is 16.7 Å². The smallest absolute Gasteiger partial charge is 0.253 e. The van der Waals surface area contributed by atoms with Crippen LogP contribution in [0.5, 0.6) is 5.75 Å². The highest BCUT2D eigenvalue weighted by atomic mass is 32.2. The molecular formula is C27H28N4O4S2. The number of aromatic nitrogens is 1. The Kier molecular flexibility index (Phi) is 7.14. The summed E-state index contributed by atoms with van der Waals surface area (Å²) >= 11 is 1.62. The molecule has 1 saturated heterocycles. The van der Waals surface area contributed by atoms with Crippen molar-refractivity contribution in [1.82, 2.24) is 14.2 Å². The first-order valence-electron chi connectivity index (χ1n) is 11.9. The molecule has 0 bridgehead atoms. The van der Waals surface area contributed by atoms with Gasteiger partial charge in [0.2, 0.25) is 10.0 Å². The largest absolute Gasteiger partial charge is 0.494 e. The molecule has 0 radical (unpaired) electrons. The summed E-state index contributed by atoms with van der Waals surface area (Å²) in [6, 6.07) is 21.5. The molecule has 1 aliphatic heterocycles. The Morgan fingerprint density at radius 2 is 1.68 bits per heavy atom. The summed E-state index contributed by atoms with van der Waals surface area (Å²) in [7, 11) is -0.472. The monoisotopic (exact) mass is 536 g/mol. The molecule has 0 N–H and O–H groups in total. The van der Waals surface area contributed by atoms with E-state index in [1.807, 2.05) is 48.5 Å². The van der Waals surface area contributed by atoms with E-state index in [0.717, 1.165) is 26.7 Å². The van der Waals surface area contributed by atoms with Crippen molar-refractivity contribution in [2.75, 3.05) is 45.2 Å². The summed E-state index contributed by atoms with van der Waals surface area (Å²) in [6.45, 7) is 2.74. The van der Waals surface area contributed by atoms with E-state index in [0.29, 0.717) is 31.7 Å². The quantitative estimate of drug-likeness (QED) is 0.354. The minimum atomic E-state index is -3.67. The molecule has 1 aromatic heterocycles. The maximum absolute atomic E-state index is 13.1. The highest BCUT2D eigenvalue weighted by Gasteiger charge is 2.26. The normalized spacial score (nSPS) is 14.4. The summed E-state index contributed by atoms with van der Waals surface area (Å²) in [4.78, 5) is 22.0. The summed E-state index contributed by atoms with van der Waals surface area (Å²) in [5, 5.41) is 0.917. The summed E-state index contributed by atoms with van der Waals surface area (Å²) in [5.41, 5.74) is 2.24. The minimum absolute atomic E-state index is 0.104. The number of carbonyl (C=O) groups excluding carboxylic acids is 1. The number of hydrogen-bond donors (Lipinski definition) is 0. The van der Waals surface area contributed by atoms with E-state index in [2.05, 4.69) is 4.90 Å². The van der Waals surface area contributed by atoms with Gasteiger partial charge in [0, 0.05) is 45.3 Å². The number of amides is 1. The number of sulfonamides is 1. The van der Waals surface area contributed by atoms with Crippen LogP contribution in [0.3, 0.4) is 0 Å². The van der Waals surface area contributed by atoms with Gasteiger partial charge in [0.15, 0.2) is 5.13 Å². The van der Waals surface area contributed by atoms with Gasteiger partial charge in [-0.15, -0.1) is 0 Å². The lowest BCUT2D eigenvalue weighted by Gasteiger charge is -2.34. The number of thiazole rings is 1. The molecule has 37 heavy (non-hydrogen) atoms. The first-order valence-corrected chi connectivity index (χ1v) is 14.2. The van der Waals surface area contributed by atoms with Gasteiger partial charge in [0.1, 0.15) is 11.3 Å². The standard InChI is InChI=1S/C27H28N4O4S2/c1-29(19-20-7-4-3-5-8-20)37(33,34)22-13-11-21(12-14-22)26(32)30-15-17-31(18-16-30)27-28-25-23(35-2)9-6-10-24(25)36-27/h3-14H,15-19H2,1-2H3. The second-order valence-electron chi connectivity index (χ2n) is 8.85. The molecule has 0 saturated carbocycles. The molecule has 5 rings (SSSR count). The van der Waals surface area contributed by atoms with Crippen LogP contribution >= 0.6 is 11.3 Å².